The predicted molar refractivity (Wildman–Crippen MR) is 451 cm³/mol. The molecule has 0 saturated heterocycles. The molecular weight excluding hydrogens is 1320 g/mol. The van der Waals surface area contributed by atoms with Gasteiger partial charge in [-0.2, -0.15) is 0 Å². The van der Waals surface area contributed by atoms with E-state index in [9.17, 15) is 0 Å². The highest BCUT2D eigenvalue weighted by Crippen LogP contribution is 2.60. The Bertz CT molecular complexity index is 3000. The van der Waals surface area contributed by atoms with Crippen molar-refractivity contribution in [3.05, 3.63) is 143 Å². The van der Waals surface area contributed by atoms with Crippen LogP contribution < -0.4 is 28.4 Å². The van der Waals surface area contributed by atoms with E-state index in [1.54, 1.807) is 7.11 Å². The highest BCUT2D eigenvalue weighted by molar-refractivity contribution is 5.44. The number of benzene rings is 5. The first-order chi connectivity index (χ1) is 48.0. The molecular formula is C95H160O11. The largest absolute Gasteiger partial charge is 0.493 e. The first-order valence-corrected chi connectivity index (χ1v) is 39.4. The van der Waals surface area contributed by atoms with Crippen LogP contribution >= 0.6 is 0 Å². The second kappa shape index (κ2) is 49.8. The van der Waals surface area contributed by atoms with Crippen LogP contribution in [0, 0.1) is 53.8 Å². The molecule has 0 aromatic heterocycles. The average Bonchev–Trinajstić information content (AvgIpc) is 0.759. The summed E-state index contributed by atoms with van der Waals surface area (Å²) in [7, 11) is 1.66. The lowest BCUT2D eigenvalue weighted by atomic mass is 9.50. The third kappa shape index (κ3) is 30.9. The van der Waals surface area contributed by atoms with E-state index < -0.39 is 0 Å². The van der Waals surface area contributed by atoms with Crippen LogP contribution in [0.1, 0.15) is 334 Å². The van der Waals surface area contributed by atoms with Crippen LogP contribution in [0.25, 0.3) is 0 Å². The molecule has 8 saturated carbocycles. The van der Waals surface area contributed by atoms with Crippen molar-refractivity contribution in [2.45, 2.75) is 332 Å². The molecule has 0 heterocycles. The molecule has 0 N–H and O–H groups in total. The van der Waals surface area contributed by atoms with Crippen molar-refractivity contribution in [1.82, 2.24) is 0 Å². The number of rotatable bonds is 33. The Morgan fingerprint density at radius 3 is 1.08 bits per heavy atom. The molecule has 606 valence electrons. The minimum atomic E-state index is -0.265. The Balaban J connectivity index is 0.000000659. The van der Waals surface area contributed by atoms with Gasteiger partial charge in [-0.1, -0.05) is 182 Å². The monoisotopic (exact) mass is 1480 g/mol. The molecule has 13 rings (SSSR count). The summed E-state index contributed by atoms with van der Waals surface area (Å²) < 4.78 is 62.9. The van der Waals surface area contributed by atoms with Crippen LogP contribution in [0.4, 0.5) is 0 Å². The molecule has 5 aromatic carbocycles. The summed E-state index contributed by atoms with van der Waals surface area (Å²) in [5.74, 6) is 14.4. The maximum Gasteiger partial charge on any atom is 0.197 e. The molecule has 0 spiro atoms. The molecule has 106 heavy (non-hydrogen) atoms. The minimum absolute atomic E-state index is 0. The van der Waals surface area contributed by atoms with Gasteiger partial charge in [0.25, 0.3) is 0 Å². The van der Waals surface area contributed by atoms with E-state index in [1.807, 2.05) is 65.0 Å². The first kappa shape index (κ1) is 98.7. The maximum absolute atomic E-state index is 6.32. The first-order valence-electron chi connectivity index (χ1n) is 39.4. The SMILES string of the molecule is C.C.C.C.C.C.CCC(C)c1ccc(OC(C)OCC(C)C)cc1.CCC(C)c1ccc(OCOC23CC4CC(CC(C4)C2)C3)cc1.CCC(C)c1ccc(OCOCC23CC4CC(CC(C4)C2)C3)cc1.CCOC(C)Oc1ccc(C(C)CC)cc1C.CCOC(C)Oc1ccc(C(C)CC)cc1OC. The third-order valence-electron chi connectivity index (χ3n) is 22.7. The van der Waals surface area contributed by atoms with Gasteiger partial charge in [-0.3, -0.25) is 0 Å². The lowest BCUT2D eigenvalue weighted by Crippen LogP contribution is -2.52. The molecule has 8 aliphatic rings. The van der Waals surface area contributed by atoms with Gasteiger partial charge in [0.05, 0.1) is 25.9 Å². The molecule has 11 heteroatoms. The summed E-state index contributed by atoms with van der Waals surface area (Å²) >= 11 is 0. The summed E-state index contributed by atoms with van der Waals surface area (Å²) in [6, 6.07) is 37.9. The summed E-state index contributed by atoms with van der Waals surface area (Å²) in [6.45, 7) is 42.0. The van der Waals surface area contributed by atoms with Crippen LogP contribution in [0.5, 0.6) is 34.5 Å². The number of aryl methyl sites for hydroxylation is 1. The van der Waals surface area contributed by atoms with E-state index in [2.05, 4.69) is 169 Å². The molecule has 8 unspecified atom stereocenters. The second-order valence-electron chi connectivity index (χ2n) is 31.4. The van der Waals surface area contributed by atoms with Gasteiger partial charge in [0.15, 0.2) is 44.0 Å². The minimum Gasteiger partial charge on any atom is -0.493 e. The lowest BCUT2D eigenvalue weighted by molar-refractivity contribution is -0.190. The fourth-order valence-electron chi connectivity index (χ4n) is 16.8. The van der Waals surface area contributed by atoms with Gasteiger partial charge in [-0.25, -0.2) is 0 Å². The Morgan fingerprint density at radius 2 is 0.708 bits per heavy atom. The van der Waals surface area contributed by atoms with Crippen molar-refractivity contribution >= 4 is 0 Å². The smallest absolute Gasteiger partial charge is 0.197 e. The second-order valence-corrected chi connectivity index (χ2v) is 31.4. The zero-order valence-corrected chi connectivity index (χ0v) is 65.8. The maximum atomic E-state index is 6.32. The van der Waals surface area contributed by atoms with Gasteiger partial charge < -0.3 is 52.1 Å². The Hall–Kier alpha value is -5.30. The van der Waals surface area contributed by atoms with E-state index in [0.29, 0.717) is 67.7 Å². The highest BCUT2D eigenvalue weighted by Gasteiger charge is 2.52. The van der Waals surface area contributed by atoms with Crippen molar-refractivity contribution < 1.29 is 52.1 Å². The Labute approximate surface area is 652 Å². The third-order valence-corrected chi connectivity index (χ3v) is 22.7. The van der Waals surface area contributed by atoms with Crippen molar-refractivity contribution in [1.29, 1.82) is 0 Å². The van der Waals surface area contributed by atoms with E-state index in [1.165, 1.54) is 123 Å². The zero-order valence-electron chi connectivity index (χ0n) is 65.8. The lowest BCUT2D eigenvalue weighted by Gasteiger charge is -2.56. The van der Waals surface area contributed by atoms with E-state index >= 15 is 0 Å². The van der Waals surface area contributed by atoms with Crippen LogP contribution in [0.2, 0.25) is 0 Å². The van der Waals surface area contributed by atoms with Gasteiger partial charge in [0.2, 0.25) is 0 Å². The predicted octanol–water partition coefficient (Wildman–Crippen LogP) is 27.9. The highest BCUT2D eigenvalue weighted by atomic mass is 16.7. The van der Waals surface area contributed by atoms with Crippen LogP contribution in [-0.2, 0) is 23.7 Å². The standard InChI is InChI=1S/C22H32O2.C21H30O2.C16H26O2.C15H24O3.C15H24O2.6CH4/c1-3-16(2)20-4-6-21(7-5-20)24-15-23-14-22-11-17-8-18(12-22)10-19(9-17)13-22;1-3-15(2)19-4-6-20(7-5-19)22-14-23-21-11-16-8-17(12-21)10-18(9-16)13-21;1-6-13(4)15-7-9-16(10-8-15)18-14(5)17-11-12(2)3;1-6-11(3)13-8-9-14(15(10-13)16-5)18-12(4)17-7-2;1-6-11(3)14-8-9-15(12(4)10-14)17-13(5)16-7-2;;;;;;/h4-7,16-19H,3,8-15H2,1-2H3;4-7,15-18H,3,8-14H2,1-2H3;7-10,12-14H,6,11H2,1-5H3;8-12H,6-7H2,1-5H3;8-11,13H,6-7H2,1-5H3;6*1H4. The van der Waals surface area contributed by atoms with Crippen LogP contribution in [0.15, 0.2) is 109 Å². The normalized spacial score (nSPS) is 23.0. The molecule has 8 fully saturated rings. The van der Waals surface area contributed by atoms with Crippen LogP contribution in [-0.4, -0.2) is 71.6 Å². The zero-order chi connectivity index (χ0) is 72.4. The number of hydrogen-bond donors (Lipinski definition) is 0. The van der Waals surface area contributed by atoms with Gasteiger partial charge in [-0.15, -0.1) is 0 Å². The van der Waals surface area contributed by atoms with Gasteiger partial charge in [0.1, 0.15) is 23.0 Å². The van der Waals surface area contributed by atoms with Gasteiger partial charge in [0, 0.05) is 13.2 Å². The molecule has 8 bridgehead atoms. The van der Waals surface area contributed by atoms with Crippen molar-refractivity contribution in [3.8, 4) is 34.5 Å². The quantitative estimate of drug-likeness (QED) is 0.0296. The molecule has 0 aliphatic heterocycles. The average molecular weight is 1480 g/mol. The van der Waals surface area contributed by atoms with Gasteiger partial charge >= 0.3 is 0 Å². The van der Waals surface area contributed by atoms with Crippen molar-refractivity contribution in [2.24, 2.45) is 46.8 Å². The van der Waals surface area contributed by atoms with E-state index in [-0.39, 0.29) is 69.0 Å². The molecule has 8 atom stereocenters. The number of ether oxygens (including phenoxy) is 11. The molecule has 8 aliphatic carbocycles. The molecule has 0 amide bonds. The van der Waals surface area contributed by atoms with Crippen molar-refractivity contribution in [2.75, 3.05) is 47.1 Å². The summed E-state index contributed by atoms with van der Waals surface area (Å²) in [4.78, 5) is 0. The molecule has 11 nitrogen and oxygen atoms in total. The van der Waals surface area contributed by atoms with E-state index in [4.69, 9.17) is 52.1 Å². The fourth-order valence-corrected chi connectivity index (χ4v) is 16.8. The molecule has 5 aromatic rings. The number of hydrogen-bond acceptors (Lipinski definition) is 11. The summed E-state index contributed by atoms with van der Waals surface area (Å²) in [5.41, 5.74) is 8.59. The summed E-state index contributed by atoms with van der Waals surface area (Å²) in [6.07, 6.45) is 22.0. The van der Waals surface area contributed by atoms with E-state index in [0.717, 1.165) is 102 Å². The van der Waals surface area contributed by atoms with Gasteiger partial charge in [-0.05, 0) is 315 Å². The number of methoxy groups -OCH3 is 1. The fraction of sp³-hybridized carbons (Fsp3) is 0.684. The molecule has 0 radical (unpaired) electrons. The Kier molecular flexibility index (Phi) is 46.3. The van der Waals surface area contributed by atoms with Crippen LogP contribution in [0.3, 0.4) is 0 Å². The topological polar surface area (TPSA) is 102 Å². The summed E-state index contributed by atoms with van der Waals surface area (Å²) in [5, 5.41) is 0. The Morgan fingerprint density at radius 1 is 0.368 bits per heavy atom. The van der Waals surface area contributed by atoms with Crippen molar-refractivity contribution in [3.63, 3.8) is 0 Å².